The van der Waals surface area contributed by atoms with Gasteiger partial charge in [0.25, 0.3) is 0 Å². The van der Waals surface area contributed by atoms with Gasteiger partial charge in [0.2, 0.25) is 0 Å². The Balaban J connectivity index is 1.50. The predicted octanol–water partition coefficient (Wildman–Crippen LogP) is 3.15. The maximum absolute atomic E-state index is 11.6. The third-order valence-electron chi connectivity index (χ3n) is 10.8. The first-order valence-corrected chi connectivity index (χ1v) is 12.9. The van der Waals surface area contributed by atoms with Gasteiger partial charge < -0.3 is 25.4 Å². The SMILES string of the molecule is C[C@H](CCCNCC=O)[C@H]1CC[C@H]2[C@@H]3[C@H](O)C[C@@H]4C[C@H](O)CC[C@]4(C)[C@H]3C[C@H](O)[C@]12C. The van der Waals surface area contributed by atoms with Crippen molar-refractivity contribution in [3.8, 4) is 0 Å². The van der Waals surface area contributed by atoms with E-state index in [1.165, 1.54) is 0 Å². The number of aliphatic hydroxyl groups is 3. The molecule has 0 unspecified atom stereocenters. The first-order valence-electron chi connectivity index (χ1n) is 12.9. The fourth-order valence-electron chi connectivity index (χ4n) is 9.04. The van der Waals surface area contributed by atoms with Crippen LogP contribution in [0.1, 0.15) is 78.6 Å². The Morgan fingerprint density at radius 3 is 2.58 bits per heavy atom. The van der Waals surface area contributed by atoms with E-state index in [4.69, 9.17) is 0 Å². The molecule has 5 nitrogen and oxygen atoms in total. The number of nitrogens with one attached hydrogen (secondary N) is 1. The molecule has 0 bridgehead atoms. The fourth-order valence-corrected chi connectivity index (χ4v) is 9.04. The van der Waals surface area contributed by atoms with Crippen molar-refractivity contribution in [2.75, 3.05) is 13.1 Å². The standard InChI is InChI=1S/C26H45NO4/c1-16(5-4-10-27-11-12-28)19-6-7-20-24-21(15-23(31)26(19,20)3)25(2)9-8-18(29)13-17(25)14-22(24)30/h12,16-24,27,29-31H,4-11,13-15H2,1-3H3/t16-,17+,18-,19-,20+,21+,22-,23+,24+,25+,26-/m1/s1. The van der Waals surface area contributed by atoms with Crippen molar-refractivity contribution in [1.82, 2.24) is 5.32 Å². The maximum atomic E-state index is 11.6. The molecule has 4 N–H and O–H groups in total. The molecule has 0 aromatic rings. The summed E-state index contributed by atoms with van der Waals surface area (Å²) in [5, 5.41) is 36.4. The number of aliphatic hydroxyl groups excluding tert-OH is 3. The van der Waals surface area contributed by atoms with Crippen molar-refractivity contribution < 1.29 is 20.1 Å². The molecular weight excluding hydrogens is 390 g/mol. The molecule has 0 amide bonds. The van der Waals surface area contributed by atoms with Gasteiger partial charge in [-0.05, 0) is 111 Å². The minimum atomic E-state index is -0.309. The van der Waals surface area contributed by atoms with Gasteiger partial charge in [0.1, 0.15) is 6.29 Å². The van der Waals surface area contributed by atoms with Gasteiger partial charge in [-0.3, -0.25) is 0 Å². The Hall–Kier alpha value is -0.490. The molecule has 4 rings (SSSR count). The minimum Gasteiger partial charge on any atom is -0.393 e. The Bertz CT molecular complexity index is 643. The molecule has 11 atom stereocenters. The molecule has 0 radical (unpaired) electrons. The molecule has 4 saturated carbocycles. The molecule has 0 spiro atoms. The highest BCUT2D eigenvalue weighted by molar-refractivity contribution is 5.51. The number of carbonyl (C=O) groups excluding carboxylic acids is 1. The van der Waals surface area contributed by atoms with Crippen LogP contribution in [-0.2, 0) is 4.79 Å². The van der Waals surface area contributed by atoms with Gasteiger partial charge in [0, 0.05) is 0 Å². The smallest absolute Gasteiger partial charge is 0.133 e. The second-order valence-electron chi connectivity index (χ2n) is 12.0. The van der Waals surface area contributed by atoms with Crippen LogP contribution in [0.15, 0.2) is 0 Å². The second kappa shape index (κ2) is 9.04. The van der Waals surface area contributed by atoms with Gasteiger partial charge >= 0.3 is 0 Å². The maximum Gasteiger partial charge on any atom is 0.133 e. The summed E-state index contributed by atoms with van der Waals surface area (Å²) >= 11 is 0. The number of hydrogen-bond donors (Lipinski definition) is 4. The van der Waals surface area contributed by atoms with Crippen molar-refractivity contribution in [2.24, 2.45) is 46.3 Å². The lowest BCUT2D eigenvalue weighted by atomic mass is 9.43. The Morgan fingerprint density at radius 2 is 1.84 bits per heavy atom. The van der Waals surface area contributed by atoms with E-state index in [1.807, 2.05) is 0 Å². The Kier molecular flexibility index (Phi) is 6.90. The molecule has 0 aromatic carbocycles. The lowest BCUT2D eigenvalue weighted by Gasteiger charge is -2.63. The summed E-state index contributed by atoms with van der Waals surface area (Å²) in [4.78, 5) is 10.5. The first kappa shape index (κ1) is 23.7. The summed E-state index contributed by atoms with van der Waals surface area (Å²) in [5.74, 6) is 2.44. The third kappa shape index (κ3) is 3.92. The van der Waals surface area contributed by atoms with Crippen LogP contribution in [0.5, 0.6) is 0 Å². The number of fused-ring (bicyclic) bond motifs is 5. The molecule has 4 fully saturated rings. The average molecular weight is 436 g/mol. The lowest BCUT2D eigenvalue weighted by Crippen LogP contribution is -2.62. The van der Waals surface area contributed by atoms with Crippen molar-refractivity contribution >= 4 is 6.29 Å². The van der Waals surface area contributed by atoms with Crippen molar-refractivity contribution in [3.05, 3.63) is 0 Å². The highest BCUT2D eigenvalue weighted by atomic mass is 16.3. The van der Waals surface area contributed by atoms with Gasteiger partial charge in [-0.1, -0.05) is 20.8 Å². The van der Waals surface area contributed by atoms with Crippen LogP contribution >= 0.6 is 0 Å². The highest BCUT2D eigenvalue weighted by Crippen LogP contribution is 2.68. The van der Waals surface area contributed by atoms with Crippen LogP contribution in [0, 0.1) is 46.3 Å². The van der Waals surface area contributed by atoms with E-state index in [-0.39, 0.29) is 35.1 Å². The zero-order valence-corrected chi connectivity index (χ0v) is 19.8. The molecule has 4 aliphatic carbocycles. The summed E-state index contributed by atoms with van der Waals surface area (Å²) < 4.78 is 0. The molecule has 0 aliphatic heterocycles. The monoisotopic (exact) mass is 435 g/mol. The van der Waals surface area contributed by atoms with Crippen molar-refractivity contribution in [3.63, 3.8) is 0 Å². The van der Waals surface area contributed by atoms with Gasteiger partial charge in [-0.2, -0.15) is 0 Å². The lowest BCUT2D eigenvalue weighted by molar-refractivity contribution is -0.207. The van der Waals surface area contributed by atoms with E-state index in [0.717, 1.165) is 70.6 Å². The normalized spacial score (nSPS) is 50.3. The Labute approximate surface area is 188 Å². The van der Waals surface area contributed by atoms with Crippen LogP contribution < -0.4 is 5.32 Å². The molecule has 5 heteroatoms. The number of aldehydes is 1. The fraction of sp³-hybridized carbons (Fsp3) is 0.962. The van der Waals surface area contributed by atoms with Crippen LogP contribution in [0.25, 0.3) is 0 Å². The van der Waals surface area contributed by atoms with Crippen LogP contribution in [-0.4, -0.2) is 53.0 Å². The summed E-state index contributed by atoms with van der Waals surface area (Å²) in [6, 6.07) is 0. The summed E-state index contributed by atoms with van der Waals surface area (Å²) in [6.45, 7) is 8.35. The molecule has 0 aromatic heterocycles. The van der Waals surface area contributed by atoms with Gasteiger partial charge in [0.15, 0.2) is 0 Å². The van der Waals surface area contributed by atoms with E-state index in [2.05, 4.69) is 26.1 Å². The second-order valence-corrected chi connectivity index (χ2v) is 12.0. The number of rotatable bonds is 7. The predicted molar refractivity (Wildman–Crippen MR) is 121 cm³/mol. The van der Waals surface area contributed by atoms with Crippen molar-refractivity contribution in [2.45, 2.75) is 96.9 Å². The van der Waals surface area contributed by atoms with E-state index in [9.17, 15) is 20.1 Å². The van der Waals surface area contributed by atoms with E-state index in [1.54, 1.807) is 0 Å². The molecular formula is C26H45NO4. The minimum absolute atomic E-state index is 0.116. The van der Waals surface area contributed by atoms with Crippen LogP contribution in [0.3, 0.4) is 0 Å². The molecule has 4 aliphatic rings. The molecule has 0 heterocycles. The van der Waals surface area contributed by atoms with Gasteiger partial charge in [-0.25, -0.2) is 0 Å². The van der Waals surface area contributed by atoms with Gasteiger partial charge in [0.05, 0.1) is 24.9 Å². The number of hydrogen-bond acceptors (Lipinski definition) is 5. The van der Waals surface area contributed by atoms with Crippen LogP contribution in [0.2, 0.25) is 0 Å². The highest BCUT2D eigenvalue weighted by Gasteiger charge is 2.65. The topological polar surface area (TPSA) is 89.8 Å². The zero-order valence-electron chi connectivity index (χ0n) is 19.8. The summed E-state index contributed by atoms with van der Waals surface area (Å²) in [7, 11) is 0. The van der Waals surface area contributed by atoms with E-state index >= 15 is 0 Å². The third-order valence-corrected chi connectivity index (χ3v) is 10.8. The zero-order chi connectivity index (χ0) is 22.4. The number of carbonyl (C=O) groups is 1. The average Bonchev–Trinajstić information content (AvgIpc) is 3.08. The van der Waals surface area contributed by atoms with E-state index < -0.39 is 0 Å². The van der Waals surface area contributed by atoms with Gasteiger partial charge in [-0.15, -0.1) is 0 Å². The largest absolute Gasteiger partial charge is 0.393 e. The Morgan fingerprint density at radius 1 is 1.06 bits per heavy atom. The molecule has 0 saturated heterocycles. The van der Waals surface area contributed by atoms with Crippen molar-refractivity contribution in [1.29, 1.82) is 0 Å². The van der Waals surface area contributed by atoms with E-state index in [0.29, 0.717) is 36.1 Å². The molecule has 31 heavy (non-hydrogen) atoms. The summed E-state index contributed by atoms with van der Waals surface area (Å²) in [6.07, 6.45) is 8.84. The quantitative estimate of drug-likeness (QED) is 0.364. The first-order chi connectivity index (χ1) is 14.7. The summed E-state index contributed by atoms with van der Waals surface area (Å²) in [5.41, 5.74) is 0.0224. The van der Waals surface area contributed by atoms with Crippen LogP contribution in [0.4, 0.5) is 0 Å². The molecule has 178 valence electrons.